The molecule has 7 heteroatoms. The van der Waals surface area contributed by atoms with Crippen molar-refractivity contribution in [2.75, 3.05) is 0 Å². The monoisotopic (exact) mass is 237 g/mol. The fourth-order valence-corrected chi connectivity index (χ4v) is 1.50. The minimum atomic E-state index is -4.45. The second-order valence-corrected chi connectivity index (χ2v) is 3.46. The highest BCUT2D eigenvalue weighted by Crippen LogP contribution is 2.30. The first-order valence-corrected chi connectivity index (χ1v) is 4.68. The van der Waals surface area contributed by atoms with Crippen molar-refractivity contribution in [2.24, 2.45) is 0 Å². The van der Waals surface area contributed by atoms with Gasteiger partial charge in [0.1, 0.15) is 5.01 Å². The predicted molar refractivity (Wildman–Crippen MR) is 48.4 cm³/mol. The molecule has 0 radical (unpaired) electrons. The average Bonchev–Trinajstić information content (AvgIpc) is 2.51. The smallest absolute Gasteiger partial charge is 0.434 e. The minimum Gasteiger partial charge on any atom is -0.481 e. The van der Waals surface area contributed by atoms with Crippen molar-refractivity contribution < 1.29 is 23.1 Å². The van der Waals surface area contributed by atoms with E-state index in [-0.39, 0.29) is 11.4 Å². The maximum Gasteiger partial charge on any atom is 0.434 e. The van der Waals surface area contributed by atoms with Gasteiger partial charge in [-0.05, 0) is 6.08 Å². The summed E-state index contributed by atoms with van der Waals surface area (Å²) in [4.78, 5) is 13.4. The Balaban J connectivity index is 2.69. The Morgan fingerprint density at radius 1 is 1.60 bits per heavy atom. The number of carboxylic acids is 1. The van der Waals surface area contributed by atoms with Crippen LogP contribution >= 0.6 is 11.3 Å². The largest absolute Gasteiger partial charge is 0.481 e. The van der Waals surface area contributed by atoms with Gasteiger partial charge in [0.25, 0.3) is 0 Å². The molecule has 1 heterocycles. The summed E-state index contributed by atoms with van der Waals surface area (Å²) in [6.45, 7) is 0. The van der Waals surface area contributed by atoms with Crippen LogP contribution in [-0.2, 0) is 11.0 Å². The standard InChI is InChI=1S/C8H6F3NO2S/c9-8(10,11)5-4-15-6(12-5)2-1-3-7(13)14/h1-2,4H,3H2,(H,13,14). The lowest BCUT2D eigenvalue weighted by molar-refractivity contribution is -0.140. The summed E-state index contributed by atoms with van der Waals surface area (Å²) in [5.41, 5.74) is -0.956. The number of rotatable bonds is 3. The summed E-state index contributed by atoms with van der Waals surface area (Å²) in [5.74, 6) is -1.04. The zero-order chi connectivity index (χ0) is 11.5. The molecule has 0 spiro atoms. The highest BCUT2D eigenvalue weighted by atomic mass is 32.1. The van der Waals surface area contributed by atoms with Gasteiger partial charge in [0.15, 0.2) is 5.69 Å². The van der Waals surface area contributed by atoms with Crippen LogP contribution in [0.4, 0.5) is 13.2 Å². The molecule has 1 aromatic heterocycles. The predicted octanol–water partition coefficient (Wildman–Crippen LogP) is 2.65. The third-order valence-corrected chi connectivity index (χ3v) is 2.18. The summed E-state index contributed by atoms with van der Waals surface area (Å²) in [7, 11) is 0. The van der Waals surface area contributed by atoms with E-state index in [0.29, 0.717) is 0 Å². The minimum absolute atomic E-state index is 0.142. The molecule has 0 atom stereocenters. The molecular formula is C8H6F3NO2S. The molecule has 1 rings (SSSR count). The molecule has 0 aliphatic carbocycles. The summed E-state index contributed by atoms with van der Waals surface area (Å²) < 4.78 is 36.2. The maximum atomic E-state index is 12.1. The highest BCUT2D eigenvalue weighted by Gasteiger charge is 2.33. The van der Waals surface area contributed by atoms with Crippen LogP contribution in [0.3, 0.4) is 0 Å². The lowest BCUT2D eigenvalue weighted by Gasteiger charge is -1.99. The normalized spacial score (nSPS) is 12.2. The van der Waals surface area contributed by atoms with E-state index in [2.05, 4.69) is 4.98 Å². The van der Waals surface area contributed by atoms with Gasteiger partial charge in [-0.2, -0.15) is 13.2 Å². The molecule has 0 amide bonds. The van der Waals surface area contributed by atoms with Crippen LogP contribution in [0.5, 0.6) is 0 Å². The molecule has 0 aliphatic rings. The number of carboxylic acid groups (broad SMARTS) is 1. The molecular weight excluding hydrogens is 231 g/mol. The van der Waals surface area contributed by atoms with Gasteiger partial charge in [-0.15, -0.1) is 11.3 Å². The van der Waals surface area contributed by atoms with Crippen LogP contribution in [0.2, 0.25) is 0 Å². The number of alkyl halides is 3. The Labute approximate surface area is 86.9 Å². The zero-order valence-corrected chi connectivity index (χ0v) is 8.10. The molecule has 3 nitrogen and oxygen atoms in total. The first-order chi connectivity index (χ1) is 6.89. The van der Waals surface area contributed by atoms with Gasteiger partial charge in [0.05, 0.1) is 6.42 Å². The van der Waals surface area contributed by atoms with Crippen LogP contribution in [0.25, 0.3) is 6.08 Å². The molecule has 0 saturated carbocycles. The topological polar surface area (TPSA) is 50.2 Å². The quantitative estimate of drug-likeness (QED) is 0.879. The van der Waals surface area contributed by atoms with Gasteiger partial charge in [0, 0.05) is 5.38 Å². The number of thiazole rings is 1. The number of halogens is 3. The molecule has 82 valence electrons. The number of hydrogen-bond donors (Lipinski definition) is 1. The van der Waals surface area contributed by atoms with E-state index in [0.717, 1.165) is 16.7 Å². The maximum absolute atomic E-state index is 12.1. The Morgan fingerprint density at radius 2 is 2.27 bits per heavy atom. The van der Waals surface area contributed by atoms with Crippen molar-refractivity contribution in [3.05, 3.63) is 22.2 Å². The number of nitrogens with zero attached hydrogens (tertiary/aromatic N) is 1. The van der Waals surface area contributed by atoms with E-state index in [1.54, 1.807) is 0 Å². The van der Waals surface area contributed by atoms with Gasteiger partial charge >= 0.3 is 12.1 Å². The fraction of sp³-hybridized carbons (Fsp3) is 0.250. The number of aliphatic carboxylic acids is 1. The second-order valence-electron chi connectivity index (χ2n) is 2.57. The third-order valence-electron chi connectivity index (χ3n) is 1.37. The summed E-state index contributed by atoms with van der Waals surface area (Å²) in [6, 6.07) is 0. The Morgan fingerprint density at radius 3 is 2.73 bits per heavy atom. The first kappa shape index (κ1) is 11.7. The SMILES string of the molecule is O=C(O)CC=Cc1nc(C(F)(F)F)cs1. The second kappa shape index (κ2) is 4.43. The van der Waals surface area contributed by atoms with E-state index in [1.165, 1.54) is 12.2 Å². The zero-order valence-electron chi connectivity index (χ0n) is 7.28. The van der Waals surface area contributed by atoms with Crippen LogP contribution in [0.15, 0.2) is 11.5 Å². The highest BCUT2D eigenvalue weighted by molar-refractivity contribution is 7.10. The molecule has 0 unspecified atom stereocenters. The van der Waals surface area contributed by atoms with Gasteiger partial charge in [0.2, 0.25) is 0 Å². The van der Waals surface area contributed by atoms with E-state index >= 15 is 0 Å². The molecule has 15 heavy (non-hydrogen) atoms. The van der Waals surface area contributed by atoms with Gasteiger partial charge in [-0.25, -0.2) is 4.98 Å². The third kappa shape index (κ3) is 3.70. The number of hydrogen-bond acceptors (Lipinski definition) is 3. The van der Waals surface area contributed by atoms with E-state index in [4.69, 9.17) is 5.11 Å². The summed E-state index contributed by atoms with van der Waals surface area (Å²) in [5, 5.41) is 9.31. The Bertz CT molecular complexity index is 383. The fourth-order valence-electron chi connectivity index (χ4n) is 0.755. The summed E-state index contributed by atoms with van der Waals surface area (Å²) >= 11 is 0.817. The van der Waals surface area contributed by atoms with Crippen molar-refractivity contribution in [1.82, 2.24) is 4.98 Å². The molecule has 0 bridgehead atoms. The van der Waals surface area contributed by atoms with Crippen LogP contribution in [-0.4, -0.2) is 16.1 Å². The lowest BCUT2D eigenvalue weighted by atomic mass is 10.4. The van der Waals surface area contributed by atoms with Crippen LogP contribution in [0.1, 0.15) is 17.1 Å². The molecule has 0 aliphatic heterocycles. The lowest BCUT2D eigenvalue weighted by Crippen LogP contribution is -2.04. The molecule has 1 aromatic rings. The van der Waals surface area contributed by atoms with E-state index in [1.807, 2.05) is 0 Å². The van der Waals surface area contributed by atoms with Crippen LogP contribution in [0, 0.1) is 0 Å². The van der Waals surface area contributed by atoms with Crippen molar-refractivity contribution >= 4 is 23.4 Å². The Hall–Kier alpha value is -1.37. The molecule has 0 saturated heterocycles. The average molecular weight is 237 g/mol. The number of aromatic nitrogens is 1. The first-order valence-electron chi connectivity index (χ1n) is 3.80. The van der Waals surface area contributed by atoms with Crippen molar-refractivity contribution in [3.8, 4) is 0 Å². The van der Waals surface area contributed by atoms with Crippen LogP contribution < -0.4 is 0 Å². The van der Waals surface area contributed by atoms with Crippen molar-refractivity contribution in [1.29, 1.82) is 0 Å². The number of carbonyl (C=O) groups is 1. The van der Waals surface area contributed by atoms with Gasteiger partial charge in [-0.3, -0.25) is 4.79 Å². The van der Waals surface area contributed by atoms with Gasteiger partial charge in [-0.1, -0.05) is 6.08 Å². The van der Waals surface area contributed by atoms with E-state index < -0.39 is 17.8 Å². The Kier molecular flexibility index (Phi) is 3.46. The van der Waals surface area contributed by atoms with Crippen molar-refractivity contribution in [3.63, 3.8) is 0 Å². The van der Waals surface area contributed by atoms with Gasteiger partial charge < -0.3 is 5.11 Å². The molecule has 0 fully saturated rings. The molecule has 1 N–H and O–H groups in total. The van der Waals surface area contributed by atoms with Crippen molar-refractivity contribution in [2.45, 2.75) is 12.6 Å². The summed E-state index contributed by atoms with van der Waals surface area (Å²) in [6.07, 6.45) is -2.17. The van der Waals surface area contributed by atoms with E-state index in [9.17, 15) is 18.0 Å². The molecule has 0 aromatic carbocycles.